The zero-order valence-electron chi connectivity index (χ0n) is 21.6. The summed E-state index contributed by atoms with van der Waals surface area (Å²) in [7, 11) is 0. The normalized spacial score (nSPS) is 25.6. The Hall–Kier alpha value is -3.69. The van der Waals surface area contributed by atoms with Crippen LogP contribution in [0.15, 0.2) is 55.1 Å². The van der Waals surface area contributed by atoms with E-state index in [4.69, 9.17) is 14.8 Å². The summed E-state index contributed by atoms with van der Waals surface area (Å²) in [5.41, 5.74) is 5.85. The average molecular weight is 524 g/mol. The van der Waals surface area contributed by atoms with Gasteiger partial charge in [0.2, 0.25) is 0 Å². The Balaban J connectivity index is 1.19. The van der Waals surface area contributed by atoms with Crippen LogP contribution >= 0.6 is 0 Å². The molecule has 0 amide bonds. The van der Waals surface area contributed by atoms with Crippen molar-refractivity contribution in [2.24, 2.45) is 0 Å². The molecule has 1 saturated carbocycles. The lowest BCUT2D eigenvalue weighted by molar-refractivity contribution is -0.0579. The van der Waals surface area contributed by atoms with Crippen molar-refractivity contribution in [1.82, 2.24) is 34.7 Å². The van der Waals surface area contributed by atoms with Crippen LogP contribution in [0.3, 0.4) is 0 Å². The fourth-order valence-corrected chi connectivity index (χ4v) is 7.13. The predicted octanol–water partition coefficient (Wildman–Crippen LogP) is 5.36. The van der Waals surface area contributed by atoms with Crippen molar-refractivity contribution >= 4 is 16.6 Å². The van der Waals surface area contributed by atoms with Crippen LogP contribution in [0.5, 0.6) is 0 Å². The number of hydrogen-bond acceptors (Lipinski definition) is 6. The molecule has 2 unspecified atom stereocenters. The molecule has 5 aromatic rings. The van der Waals surface area contributed by atoms with Gasteiger partial charge >= 0.3 is 0 Å². The SMILES string of the molecule is Fc1ccc(-c2c(-c3ccncc3)nn3c2nccc3[C@H]2CC[C@@H](N3CC4CCC(C3)O4)CC2)c2cn[nH]c12. The summed E-state index contributed by atoms with van der Waals surface area (Å²) in [5.74, 6) is 0.0802. The second-order valence-electron chi connectivity index (χ2n) is 11.2. The number of H-pyrrole nitrogens is 1. The number of aromatic amines is 1. The molecule has 1 aliphatic carbocycles. The first-order valence-corrected chi connectivity index (χ1v) is 14.0. The van der Waals surface area contributed by atoms with E-state index in [1.807, 2.05) is 28.9 Å². The van der Waals surface area contributed by atoms with Crippen molar-refractivity contribution < 1.29 is 9.13 Å². The van der Waals surface area contributed by atoms with E-state index in [0.29, 0.717) is 35.1 Å². The lowest BCUT2D eigenvalue weighted by Crippen LogP contribution is -2.48. The van der Waals surface area contributed by atoms with Gasteiger partial charge in [-0.2, -0.15) is 10.2 Å². The Morgan fingerprint density at radius 2 is 1.69 bits per heavy atom. The highest BCUT2D eigenvalue weighted by molar-refractivity contribution is 6.02. The van der Waals surface area contributed by atoms with E-state index in [1.54, 1.807) is 18.6 Å². The Bertz CT molecular complexity index is 1640. The van der Waals surface area contributed by atoms with E-state index in [-0.39, 0.29) is 5.82 Å². The van der Waals surface area contributed by atoms with Crippen molar-refractivity contribution in [2.45, 2.75) is 62.7 Å². The Labute approximate surface area is 225 Å². The summed E-state index contributed by atoms with van der Waals surface area (Å²) in [4.78, 5) is 11.7. The van der Waals surface area contributed by atoms with Gasteiger partial charge in [-0.05, 0) is 68.4 Å². The minimum absolute atomic E-state index is 0.327. The molecule has 1 aromatic carbocycles. The molecule has 3 aliphatic rings. The van der Waals surface area contributed by atoms with E-state index in [2.05, 4.69) is 26.1 Å². The summed E-state index contributed by atoms with van der Waals surface area (Å²) in [6.45, 7) is 2.17. The van der Waals surface area contributed by atoms with Crippen LogP contribution in [-0.2, 0) is 4.74 Å². The van der Waals surface area contributed by atoms with Crippen molar-refractivity contribution in [3.8, 4) is 22.4 Å². The molecule has 4 aromatic heterocycles. The summed E-state index contributed by atoms with van der Waals surface area (Å²) < 4.78 is 22.7. The third-order valence-electron chi connectivity index (χ3n) is 9.04. The first-order valence-electron chi connectivity index (χ1n) is 14.0. The predicted molar refractivity (Wildman–Crippen MR) is 146 cm³/mol. The number of fused-ring (bicyclic) bond motifs is 4. The van der Waals surface area contributed by atoms with Gasteiger partial charge in [0.05, 0.1) is 24.0 Å². The van der Waals surface area contributed by atoms with Gasteiger partial charge in [0, 0.05) is 60.3 Å². The van der Waals surface area contributed by atoms with Gasteiger partial charge in [-0.25, -0.2) is 13.9 Å². The van der Waals surface area contributed by atoms with Crippen LogP contribution in [0.2, 0.25) is 0 Å². The fourth-order valence-electron chi connectivity index (χ4n) is 7.13. The Morgan fingerprint density at radius 1 is 0.897 bits per heavy atom. The topological polar surface area (TPSA) is 84.2 Å². The number of ether oxygens (including phenoxy) is 1. The van der Waals surface area contributed by atoms with Gasteiger partial charge in [0.15, 0.2) is 5.65 Å². The number of aromatic nitrogens is 6. The molecule has 2 bridgehead atoms. The van der Waals surface area contributed by atoms with E-state index >= 15 is 0 Å². The summed E-state index contributed by atoms with van der Waals surface area (Å²) in [6, 6.07) is 9.98. The molecule has 39 heavy (non-hydrogen) atoms. The number of benzene rings is 1. The molecule has 198 valence electrons. The molecule has 2 saturated heterocycles. The molecule has 2 atom stereocenters. The molecule has 2 aliphatic heterocycles. The number of hydrogen-bond donors (Lipinski definition) is 1. The maximum atomic E-state index is 14.6. The van der Waals surface area contributed by atoms with E-state index in [0.717, 1.165) is 54.0 Å². The summed E-state index contributed by atoms with van der Waals surface area (Å²) in [5, 5.41) is 12.8. The summed E-state index contributed by atoms with van der Waals surface area (Å²) >= 11 is 0. The Morgan fingerprint density at radius 3 is 2.49 bits per heavy atom. The number of nitrogens with one attached hydrogen (secondary N) is 1. The minimum Gasteiger partial charge on any atom is -0.372 e. The van der Waals surface area contributed by atoms with Crippen LogP contribution in [-0.4, -0.2) is 66.0 Å². The van der Waals surface area contributed by atoms with Crippen LogP contribution in [0.25, 0.3) is 38.9 Å². The van der Waals surface area contributed by atoms with Crippen LogP contribution < -0.4 is 0 Å². The third-order valence-corrected chi connectivity index (χ3v) is 9.04. The molecule has 8 rings (SSSR count). The zero-order chi connectivity index (χ0) is 25.9. The summed E-state index contributed by atoms with van der Waals surface area (Å²) in [6.07, 6.45) is 15.0. The highest BCUT2D eigenvalue weighted by Gasteiger charge is 2.38. The lowest BCUT2D eigenvalue weighted by Gasteiger charge is -2.41. The molecule has 1 N–H and O–H groups in total. The van der Waals surface area contributed by atoms with Crippen molar-refractivity contribution in [2.75, 3.05) is 13.1 Å². The van der Waals surface area contributed by atoms with Gasteiger partial charge in [-0.3, -0.25) is 15.0 Å². The highest BCUT2D eigenvalue weighted by atomic mass is 19.1. The van der Waals surface area contributed by atoms with E-state index in [1.165, 1.54) is 37.4 Å². The number of pyridine rings is 1. The van der Waals surface area contributed by atoms with E-state index in [9.17, 15) is 4.39 Å². The number of nitrogens with zero attached hydrogens (tertiary/aromatic N) is 6. The molecular weight excluding hydrogens is 493 g/mol. The molecule has 8 nitrogen and oxygen atoms in total. The second kappa shape index (κ2) is 9.20. The van der Waals surface area contributed by atoms with Crippen LogP contribution in [0, 0.1) is 5.82 Å². The quantitative estimate of drug-likeness (QED) is 0.341. The molecular formula is C30H30FN7O. The number of rotatable bonds is 4. The smallest absolute Gasteiger partial charge is 0.163 e. The standard InChI is InChI=1S/C30H30FN7O/c31-25-8-7-23(24-15-34-35-29(24)25)27-28(19-9-12-32-13-10-19)36-38-26(11-14-33-30(27)38)18-1-3-20(4-2-18)37-16-21-5-6-22(17-37)39-21/h7-15,18,20-22H,1-6,16-17H2,(H,34,35)/t18-,20+,21?,22?. The maximum absolute atomic E-state index is 14.6. The van der Waals surface area contributed by atoms with Crippen LogP contribution in [0.4, 0.5) is 4.39 Å². The number of likely N-dealkylation sites (tertiary alicyclic amines) is 1. The monoisotopic (exact) mass is 523 g/mol. The lowest BCUT2D eigenvalue weighted by atomic mass is 9.83. The number of morpholine rings is 1. The number of halogens is 1. The van der Waals surface area contributed by atoms with Crippen molar-refractivity contribution in [1.29, 1.82) is 0 Å². The molecule has 6 heterocycles. The van der Waals surface area contributed by atoms with Gasteiger partial charge in [0.25, 0.3) is 0 Å². The molecule has 3 fully saturated rings. The maximum Gasteiger partial charge on any atom is 0.163 e. The fraction of sp³-hybridized carbons (Fsp3) is 0.400. The third kappa shape index (κ3) is 3.86. The minimum atomic E-state index is -0.327. The van der Waals surface area contributed by atoms with Crippen molar-refractivity contribution in [3.63, 3.8) is 0 Å². The first-order chi connectivity index (χ1) is 19.2. The van der Waals surface area contributed by atoms with Crippen molar-refractivity contribution in [3.05, 3.63) is 66.6 Å². The van der Waals surface area contributed by atoms with Gasteiger partial charge < -0.3 is 4.74 Å². The Kier molecular flexibility index (Phi) is 5.48. The zero-order valence-corrected chi connectivity index (χ0v) is 21.6. The molecule has 0 spiro atoms. The largest absolute Gasteiger partial charge is 0.372 e. The highest BCUT2D eigenvalue weighted by Crippen LogP contribution is 2.41. The van der Waals surface area contributed by atoms with Gasteiger partial charge in [0.1, 0.15) is 17.0 Å². The van der Waals surface area contributed by atoms with Crippen LogP contribution in [0.1, 0.15) is 50.1 Å². The van der Waals surface area contributed by atoms with Gasteiger partial charge in [-0.1, -0.05) is 6.07 Å². The first kappa shape index (κ1) is 23.2. The molecule has 9 heteroatoms. The van der Waals surface area contributed by atoms with Gasteiger partial charge in [-0.15, -0.1) is 0 Å². The second-order valence-corrected chi connectivity index (χ2v) is 11.2. The van der Waals surface area contributed by atoms with E-state index < -0.39 is 0 Å². The average Bonchev–Trinajstić information content (AvgIpc) is 3.71. The molecule has 0 radical (unpaired) electrons.